The number of hydrogen-bond acceptors (Lipinski definition) is 4. The second-order valence-electron chi connectivity index (χ2n) is 7.87. The first kappa shape index (κ1) is 19.9. The van der Waals surface area contributed by atoms with E-state index < -0.39 is 17.5 Å². The molecule has 142 valence electrons. The summed E-state index contributed by atoms with van der Waals surface area (Å²) < 4.78 is 0. The zero-order valence-corrected chi connectivity index (χ0v) is 15.8. The monoisotopic (exact) mass is 351 g/mol. The smallest absolute Gasteiger partial charge is 0.313 e. The fourth-order valence-corrected chi connectivity index (χ4v) is 3.61. The first-order chi connectivity index (χ1) is 11.9. The highest BCUT2D eigenvalue weighted by atomic mass is 16.4. The van der Waals surface area contributed by atoms with Crippen LogP contribution in [0.5, 0.6) is 0 Å². The number of piperidine rings is 1. The van der Waals surface area contributed by atoms with Crippen LogP contribution in [0.1, 0.15) is 64.4 Å². The molecule has 1 saturated heterocycles. The summed E-state index contributed by atoms with van der Waals surface area (Å²) in [6, 6.07) is 0. The number of imidazole rings is 1. The predicted molar refractivity (Wildman–Crippen MR) is 97.2 cm³/mol. The van der Waals surface area contributed by atoms with Gasteiger partial charge in [0.2, 0.25) is 0 Å². The van der Waals surface area contributed by atoms with Gasteiger partial charge in [0, 0.05) is 37.9 Å². The van der Waals surface area contributed by atoms with Crippen molar-refractivity contribution in [2.45, 2.75) is 71.9 Å². The molecule has 2 rings (SSSR count). The number of carboxylic acid groups (broad SMARTS) is 1. The molecule has 0 bridgehead atoms. The van der Waals surface area contributed by atoms with Crippen LogP contribution < -0.4 is 0 Å². The van der Waals surface area contributed by atoms with Crippen molar-refractivity contribution < 1.29 is 15.0 Å². The van der Waals surface area contributed by atoms with Gasteiger partial charge in [0.25, 0.3) is 0 Å². The Kier molecular flexibility index (Phi) is 7.02. The molecule has 0 spiro atoms. The molecule has 0 aliphatic carbocycles. The molecule has 3 N–H and O–H groups in total. The number of nitrogens with one attached hydrogen (secondary N) is 1. The van der Waals surface area contributed by atoms with E-state index in [0.717, 1.165) is 37.2 Å². The van der Waals surface area contributed by atoms with Crippen molar-refractivity contribution in [1.82, 2.24) is 14.9 Å². The number of nitrogens with zero attached hydrogens (tertiary/aromatic N) is 2. The lowest BCUT2D eigenvalue weighted by Gasteiger charge is -2.43. The molecular weight excluding hydrogens is 318 g/mol. The lowest BCUT2D eigenvalue weighted by Crippen LogP contribution is -2.55. The third-order valence-electron chi connectivity index (χ3n) is 5.30. The van der Waals surface area contributed by atoms with Crippen molar-refractivity contribution in [2.24, 2.45) is 11.3 Å². The summed E-state index contributed by atoms with van der Waals surface area (Å²) >= 11 is 0. The maximum absolute atomic E-state index is 12.0. The van der Waals surface area contributed by atoms with Crippen LogP contribution >= 0.6 is 0 Å². The van der Waals surface area contributed by atoms with Crippen molar-refractivity contribution in [3.05, 3.63) is 17.7 Å². The Labute approximate surface area is 150 Å². The van der Waals surface area contributed by atoms with Crippen LogP contribution in [0.25, 0.3) is 0 Å². The summed E-state index contributed by atoms with van der Waals surface area (Å²) in [5.74, 6) is 0.546. The highest BCUT2D eigenvalue weighted by Crippen LogP contribution is 2.37. The number of aryl methyl sites for hydroxylation is 1. The second kappa shape index (κ2) is 8.81. The molecule has 1 aliphatic heterocycles. The number of rotatable bonds is 9. The lowest BCUT2D eigenvalue weighted by molar-refractivity contribution is -0.165. The molecule has 1 fully saturated rings. The number of hydrogen-bond donors (Lipinski definition) is 3. The van der Waals surface area contributed by atoms with E-state index in [0.29, 0.717) is 38.4 Å². The number of aliphatic hydroxyl groups is 1. The summed E-state index contributed by atoms with van der Waals surface area (Å²) in [7, 11) is 0. The molecule has 6 heteroatoms. The zero-order chi connectivity index (χ0) is 18.4. The first-order valence-electron chi connectivity index (χ1n) is 9.54. The predicted octanol–water partition coefficient (Wildman–Crippen LogP) is 2.83. The Balaban J connectivity index is 2.04. The minimum atomic E-state index is -1.06. The van der Waals surface area contributed by atoms with E-state index in [1.54, 1.807) is 0 Å². The number of aliphatic carboxylic acids is 1. The fourth-order valence-electron chi connectivity index (χ4n) is 3.61. The molecule has 25 heavy (non-hydrogen) atoms. The summed E-state index contributed by atoms with van der Waals surface area (Å²) in [5, 5.41) is 20.3. The highest BCUT2D eigenvalue weighted by Gasteiger charge is 2.48. The quantitative estimate of drug-likeness (QED) is 0.636. The molecule has 1 aliphatic rings. The second-order valence-corrected chi connectivity index (χ2v) is 7.87. The molecule has 0 radical (unpaired) electrons. The minimum Gasteiger partial charge on any atom is -0.481 e. The van der Waals surface area contributed by atoms with E-state index in [4.69, 9.17) is 0 Å². The van der Waals surface area contributed by atoms with Gasteiger partial charge < -0.3 is 15.2 Å². The Hall–Kier alpha value is -1.40. The van der Waals surface area contributed by atoms with Gasteiger partial charge in [0.1, 0.15) is 11.2 Å². The maximum atomic E-state index is 12.0. The number of unbranched alkanes of at least 4 members (excludes halogenated alkanes) is 1. The van der Waals surface area contributed by atoms with E-state index in [-0.39, 0.29) is 0 Å². The molecule has 0 aromatic carbocycles. The standard InChI is InChI=1S/C19H33N3O3/c1-4-5-6-17-20-11-15(21-17)12-22-10-8-16(23)19(13-22,18(24)25)9-7-14(2)3/h11,14,16,23H,4-10,12-13H2,1-3H3,(H,20,21)(H,24,25)/t16-,19+/m0/s1. The molecule has 0 saturated carbocycles. The van der Waals surface area contributed by atoms with Gasteiger partial charge >= 0.3 is 5.97 Å². The Morgan fingerprint density at radius 2 is 2.28 bits per heavy atom. The number of H-pyrrole nitrogens is 1. The average Bonchev–Trinajstić information content (AvgIpc) is 3.00. The van der Waals surface area contributed by atoms with Crippen LogP contribution in [-0.4, -0.2) is 50.2 Å². The van der Waals surface area contributed by atoms with Crippen molar-refractivity contribution in [3.8, 4) is 0 Å². The van der Waals surface area contributed by atoms with E-state index in [9.17, 15) is 15.0 Å². The van der Waals surface area contributed by atoms with Gasteiger partial charge in [0.15, 0.2) is 0 Å². The summed E-state index contributed by atoms with van der Waals surface area (Å²) in [4.78, 5) is 21.9. The Morgan fingerprint density at radius 1 is 1.52 bits per heavy atom. The summed E-state index contributed by atoms with van der Waals surface area (Å²) in [6.07, 6.45) is 6.10. The fraction of sp³-hybridized carbons (Fsp3) is 0.789. The highest BCUT2D eigenvalue weighted by molar-refractivity contribution is 5.76. The zero-order valence-electron chi connectivity index (χ0n) is 15.8. The minimum absolute atomic E-state index is 0.388. The van der Waals surface area contributed by atoms with Gasteiger partial charge in [-0.15, -0.1) is 0 Å². The van der Waals surface area contributed by atoms with Gasteiger partial charge in [-0.1, -0.05) is 27.2 Å². The number of aliphatic hydroxyl groups excluding tert-OH is 1. The average molecular weight is 351 g/mol. The van der Waals surface area contributed by atoms with Crippen LogP contribution in [0.3, 0.4) is 0 Å². The van der Waals surface area contributed by atoms with E-state index in [1.807, 2.05) is 6.20 Å². The number of likely N-dealkylation sites (tertiary alicyclic amines) is 1. The van der Waals surface area contributed by atoms with Crippen LogP contribution in [0.2, 0.25) is 0 Å². The van der Waals surface area contributed by atoms with Gasteiger partial charge in [-0.25, -0.2) is 4.98 Å². The Morgan fingerprint density at radius 3 is 2.92 bits per heavy atom. The lowest BCUT2D eigenvalue weighted by atomic mass is 9.73. The van der Waals surface area contributed by atoms with Gasteiger partial charge in [0.05, 0.1) is 6.10 Å². The van der Waals surface area contributed by atoms with Crippen molar-refractivity contribution in [1.29, 1.82) is 0 Å². The largest absolute Gasteiger partial charge is 0.481 e. The maximum Gasteiger partial charge on any atom is 0.313 e. The molecule has 0 amide bonds. The van der Waals surface area contributed by atoms with Crippen LogP contribution in [0.4, 0.5) is 0 Å². The molecule has 2 heterocycles. The third kappa shape index (κ3) is 5.05. The molecule has 1 aromatic heterocycles. The van der Waals surface area contributed by atoms with E-state index >= 15 is 0 Å². The Bertz CT molecular complexity index is 558. The normalized spacial score (nSPS) is 24.8. The van der Waals surface area contributed by atoms with Crippen LogP contribution in [0, 0.1) is 11.3 Å². The van der Waals surface area contributed by atoms with Crippen LogP contribution in [0.15, 0.2) is 6.20 Å². The number of carbonyl (C=O) groups is 1. The number of aromatic amines is 1. The molecule has 0 unspecified atom stereocenters. The van der Waals surface area contributed by atoms with Crippen LogP contribution in [-0.2, 0) is 17.8 Å². The van der Waals surface area contributed by atoms with Gasteiger partial charge in [-0.05, 0) is 31.6 Å². The van der Waals surface area contributed by atoms with Gasteiger partial charge in [-0.3, -0.25) is 9.69 Å². The molecular formula is C19H33N3O3. The van der Waals surface area contributed by atoms with Crippen molar-refractivity contribution >= 4 is 5.97 Å². The molecule has 2 atom stereocenters. The third-order valence-corrected chi connectivity index (χ3v) is 5.30. The van der Waals surface area contributed by atoms with Crippen molar-refractivity contribution in [2.75, 3.05) is 13.1 Å². The number of carboxylic acids is 1. The summed E-state index contributed by atoms with van der Waals surface area (Å²) in [6.45, 7) is 8.09. The first-order valence-corrected chi connectivity index (χ1v) is 9.54. The van der Waals surface area contributed by atoms with E-state index in [1.165, 1.54) is 0 Å². The summed E-state index contributed by atoms with van der Waals surface area (Å²) in [5.41, 5.74) is -0.0428. The topological polar surface area (TPSA) is 89.4 Å². The molecule has 1 aromatic rings. The SMILES string of the molecule is CCCCc1ncc(CN2CC[C@H](O)[C@](CCC(C)C)(C(=O)O)C2)[nH]1. The van der Waals surface area contributed by atoms with E-state index in [2.05, 4.69) is 35.6 Å². The van der Waals surface area contributed by atoms with Gasteiger partial charge in [-0.2, -0.15) is 0 Å². The van der Waals surface area contributed by atoms with Crippen molar-refractivity contribution in [3.63, 3.8) is 0 Å². The molecule has 6 nitrogen and oxygen atoms in total. The number of aromatic nitrogens is 2.